The molecule has 1 aromatic carbocycles. The molecule has 1 aromatic rings. The smallest absolute Gasteiger partial charge is 0.203 e. The van der Waals surface area contributed by atoms with E-state index in [0.717, 1.165) is 5.56 Å². The van der Waals surface area contributed by atoms with Gasteiger partial charge in [-0.1, -0.05) is 0 Å². The Morgan fingerprint density at radius 2 is 1.43 bits per heavy atom. The van der Waals surface area contributed by atoms with Gasteiger partial charge in [0.25, 0.3) is 0 Å². The molecule has 0 saturated heterocycles. The molecule has 0 aromatic heterocycles. The Labute approximate surface area is 126 Å². The van der Waals surface area contributed by atoms with Crippen molar-refractivity contribution in [1.82, 2.24) is 5.32 Å². The number of methoxy groups -OCH3 is 5. The second kappa shape index (κ2) is 8.71. The molecule has 120 valence electrons. The molecule has 0 aliphatic rings. The van der Waals surface area contributed by atoms with E-state index in [1.807, 2.05) is 19.1 Å². The molecule has 0 bridgehead atoms. The zero-order valence-corrected chi connectivity index (χ0v) is 13.6. The zero-order chi connectivity index (χ0) is 15.8. The molecule has 1 N–H and O–H groups in total. The lowest BCUT2D eigenvalue weighted by Crippen LogP contribution is -2.39. The van der Waals surface area contributed by atoms with Crippen LogP contribution < -0.4 is 19.5 Å². The second-order valence-electron chi connectivity index (χ2n) is 4.54. The highest BCUT2D eigenvalue weighted by atomic mass is 16.7. The Hall–Kier alpha value is -1.50. The van der Waals surface area contributed by atoms with Crippen LogP contribution in [0.4, 0.5) is 0 Å². The first kappa shape index (κ1) is 17.6. The van der Waals surface area contributed by atoms with E-state index in [0.29, 0.717) is 23.8 Å². The van der Waals surface area contributed by atoms with Gasteiger partial charge in [-0.3, -0.25) is 0 Å². The van der Waals surface area contributed by atoms with Gasteiger partial charge in [0.1, 0.15) is 0 Å². The van der Waals surface area contributed by atoms with Gasteiger partial charge < -0.3 is 29.0 Å². The van der Waals surface area contributed by atoms with Gasteiger partial charge in [-0.05, 0) is 24.6 Å². The van der Waals surface area contributed by atoms with Gasteiger partial charge in [-0.25, -0.2) is 0 Å². The molecule has 21 heavy (non-hydrogen) atoms. The van der Waals surface area contributed by atoms with Crippen molar-refractivity contribution in [1.29, 1.82) is 0 Å². The van der Waals surface area contributed by atoms with Crippen molar-refractivity contribution in [2.24, 2.45) is 0 Å². The molecule has 1 rings (SSSR count). The highest BCUT2D eigenvalue weighted by Crippen LogP contribution is 2.38. The lowest BCUT2D eigenvalue weighted by atomic mass is 10.1. The molecule has 0 radical (unpaired) electrons. The van der Waals surface area contributed by atoms with Crippen LogP contribution in [-0.4, -0.2) is 47.9 Å². The maximum Gasteiger partial charge on any atom is 0.203 e. The van der Waals surface area contributed by atoms with Gasteiger partial charge >= 0.3 is 0 Å². The molecular formula is C15H25NO5. The maximum atomic E-state index is 5.33. The van der Waals surface area contributed by atoms with Crippen molar-refractivity contribution in [3.05, 3.63) is 17.7 Å². The lowest BCUT2D eigenvalue weighted by molar-refractivity contribution is -0.119. The second-order valence-corrected chi connectivity index (χ2v) is 4.54. The van der Waals surface area contributed by atoms with E-state index in [2.05, 4.69) is 5.32 Å². The number of benzene rings is 1. The highest BCUT2D eigenvalue weighted by Gasteiger charge is 2.17. The number of rotatable bonds is 9. The van der Waals surface area contributed by atoms with Crippen LogP contribution in [0.25, 0.3) is 0 Å². The summed E-state index contributed by atoms with van der Waals surface area (Å²) in [6.07, 6.45) is -0.299. The van der Waals surface area contributed by atoms with Gasteiger partial charge in [0.15, 0.2) is 17.8 Å². The van der Waals surface area contributed by atoms with Crippen molar-refractivity contribution in [3.8, 4) is 17.2 Å². The summed E-state index contributed by atoms with van der Waals surface area (Å²) in [7, 11) is 8.02. The fourth-order valence-electron chi connectivity index (χ4n) is 2.12. The van der Waals surface area contributed by atoms with E-state index in [1.165, 1.54) is 0 Å². The maximum absolute atomic E-state index is 5.33. The number of nitrogens with one attached hydrogen (secondary N) is 1. The normalized spacial score (nSPS) is 12.3. The number of hydrogen-bond acceptors (Lipinski definition) is 6. The predicted molar refractivity (Wildman–Crippen MR) is 80.2 cm³/mol. The molecule has 0 fully saturated rings. The highest BCUT2D eigenvalue weighted by molar-refractivity contribution is 5.53. The van der Waals surface area contributed by atoms with E-state index < -0.39 is 0 Å². The summed E-state index contributed by atoms with van der Waals surface area (Å²) in [5.41, 5.74) is 1.02. The largest absolute Gasteiger partial charge is 0.493 e. The SMILES string of the molecule is COc1cc(CNC(C)C(OC)OC)cc(OC)c1OC. The van der Waals surface area contributed by atoms with Gasteiger partial charge in [0.2, 0.25) is 5.75 Å². The Bertz CT molecular complexity index is 409. The minimum atomic E-state index is -0.299. The fourth-order valence-corrected chi connectivity index (χ4v) is 2.12. The van der Waals surface area contributed by atoms with Gasteiger partial charge in [-0.15, -0.1) is 0 Å². The predicted octanol–water partition coefficient (Wildman–Crippen LogP) is 1.81. The van der Waals surface area contributed by atoms with Gasteiger partial charge in [-0.2, -0.15) is 0 Å². The third-order valence-electron chi connectivity index (χ3n) is 3.23. The summed E-state index contributed by atoms with van der Waals surface area (Å²) in [5, 5.41) is 3.34. The molecule has 1 unspecified atom stereocenters. The van der Waals surface area contributed by atoms with Crippen molar-refractivity contribution in [2.45, 2.75) is 25.8 Å². The number of ether oxygens (including phenoxy) is 5. The summed E-state index contributed by atoms with van der Waals surface area (Å²) >= 11 is 0. The fraction of sp³-hybridized carbons (Fsp3) is 0.600. The van der Waals surface area contributed by atoms with Crippen LogP contribution in [0, 0.1) is 0 Å². The third kappa shape index (κ3) is 4.49. The Kier molecular flexibility index (Phi) is 7.28. The van der Waals surface area contributed by atoms with Crippen molar-refractivity contribution >= 4 is 0 Å². The minimum absolute atomic E-state index is 0.0408. The average molecular weight is 299 g/mol. The molecular weight excluding hydrogens is 274 g/mol. The third-order valence-corrected chi connectivity index (χ3v) is 3.23. The average Bonchev–Trinajstić information content (AvgIpc) is 2.52. The van der Waals surface area contributed by atoms with E-state index in [1.54, 1.807) is 35.5 Å². The quantitative estimate of drug-likeness (QED) is 0.702. The van der Waals surface area contributed by atoms with Crippen LogP contribution >= 0.6 is 0 Å². The molecule has 0 aliphatic carbocycles. The van der Waals surface area contributed by atoms with Crippen molar-refractivity contribution in [2.75, 3.05) is 35.5 Å². The Morgan fingerprint density at radius 3 is 1.81 bits per heavy atom. The standard InChI is InChI=1S/C15H25NO5/c1-10(15(20-5)21-6)16-9-11-7-12(17-2)14(19-4)13(8-11)18-3/h7-8,10,15-16H,9H2,1-6H3. The van der Waals surface area contributed by atoms with Crippen molar-refractivity contribution in [3.63, 3.8) is 0 Å². The topological polar surface area (TPSA) is 58.2 Å². The van der Waals surface area contributed by atoms with Gasteiger partial charge in [0.05, 0.1) is 27.4 Å². The molecule has 0 heterocycles. The summed E-state index contributed by atoms with van der Waals surface area (Å²) < 4.78 is 26.4. The zero-order valence-electron chi connectivity index (χ0n) is 13.6. The van der Waals surface area contributed by atoms with Crippen LogP contribution in [-0.2, 0) is 16.0 Å². The molecule has 0 amide bonds. The Morgan fingerprint density at radius 1 is 0.905 bits per heavy atom. The van der Waals surface area contributed by atoms with Crippen LogP contribution in [0.3, 0.4) is 0 Å². The van der Waals surface area contributed by atoms with E-state index in [9.17, 15) is 0 Å². The molecule has 0 aliphatic heterocycles. The summed E-state index contributed by atoms with van der Waals surface area (Å²) in [4.78, 5) is 0. The van der Waals surface area contributed by atoms with E-state index >= 15 is 0 Å². The first-order valence-electron chi connectivity index (χ1n) is 6.69. The van der Waals surface area contributed by atoms with Gasteiger partial charge in [0, 0.05) is 20.8 Å². The van der Waals surface area contributed by atoms with E-state index in [-0.39, 0.29) is 12.3 Å². The van der Waals surface area contributed by atoms with Crippen LogP contribution in [0.5, 0.6) is 17.2 Å². The monoisotopic (exact) mass is 299 g/mol. The first-order chi connectivity index (χ1) is 10.1. The summed E-state index contributed by atoms with van der Waals surface area (Å²) in [6.45, 7) is 2.62. The molecule has 0 saturated carbocycles. The molecule has 6 heteroatoms. The molecule has 6 nitrogen and oxygen atoms in total. The van der Waals surface area contributed by atoms with E-state index in [4.69, 9.17) is 23.7 Å². The Balaban J connectivity index is 2.84. The summed E-state index contributed by atoms with van der Waals surface area (Å²) in [6, 6.07) is 3.87. The number of hydrogen-bond donors (Lipinski definition) is 1. The van der Waals surface area contributed by atoms with Crippen LogP contribution in [0.2, 0.25) is 0 Å². The summed E-state index contributed by atoms with van der Waals surface area (Å²) in [5.74, 6) is 1.86. The minimum Gasteiger partial charge on any atom is -0.493 e. The first-order valence-corrected chi connectivity index (χ1v) is 6.69. The molecule has 1 atom stereocenters. The van der Waals surface area contributed by atoms with Crippen LogP contribution in [0.15, 0.2) is 12.1 Å². The molecule has 0 spiro atoms. The van der Waals surface area contributed by atoms with Crippen LogP contribution in [0.1, 0.15) is 12.5 Å². The van der Waals surface area contributed by atoms with Crippen molar-refractivity contribution < 1.29 is 23.7 Å². The lowest BCUT2D eigenvalue weighted by Gasteiger charge is -2.22.